The third kappa shape index (κ3) is 6.25. The molecule has 1 rings (SSSR count). The van der Waals surface area contributed by atoms with E-state index in [1.165, 1.54) is 32.4 Å². The number of hydrogen-bond donors (Lipinski definition) is 2. The molecule has 1 atom stereocenters. The molecule has 0 spiro atoms. The Bertz CT molecular complexity index is 252. The maximum absolute atomic E-state index is 5.03. The number of hydrogen-bond acceptors (Lipinski definition) is 3. The Labute approximate surface area is 117 Å². The minimum Gasteiger partial charge on any atom is -0.385 e. The zero-order chi connectivity index (χ0) is 13.9. The van der Waals surface area contributed by atoms with E-state index in [0.717, 1.165) is 32.1 Å². The molecule has 0 aliphatic carbocycles. The molecule has 1 fully saturated rings. The van der Waals surface area contributed by atoms with Crippen molar-refractivity contribution in [1.82, 2.24) is 15.5 Å². The van der Waals surface area contributed by atoms with Crippen molar-refractivity contribution in [3.05, 3.63) is 0 Å². The van der Waals surface area contributed by atoms with Crippen LogP contribution in [-0.2, 0) is 4.74 Å². The van der Waals surface area contributed by atoms with Crippen LogP contribution in [0.15, 0.2) is 4.99 Å². The molecule has 5 heteroatoms. The summed E-state index contributed by atoms with van der Waals surface area (Å²) in [4.78, 5) is 6.84. The Kier molecular flexibility index (Phi) is 8.58. The van der Waals surface area contributed by atoms with Crippen molar-refractivity contribution in [1.29, 1.82) is 0 Å². The average molecular weight is 270 g/mol. The van der Waals surface area contributed by atoms with Crippen molar-refractivity contribution in [2.45, 2.75) is 38.6 Å². The molecule has 1 aliphatic heterocycles. The highest BCUT2D eigenvalue weighted by Crippen LogP contribution is 2.13. The molecule has 5 nitrogen and oxygen atoms in total. The van der Waals surface area contributed by atoms with Gasteiger partial charge in [0.25, 0.3) is 0 Å². The van der Waals surface area contributed by atoms with Crippen LogP contribution in [0, 0.1) is 0 Å². The molecule has 1 heterocycles. The largest absolute Gasteiger partial charge is 0.385 e. The zero-order valence-electron chi connectivity index (χ0n) is 12.7. The molecule has 0 radical (unpaired) electrons. The van der Waals surface area contributed by atoms with Crippen molar-refractivity contribution in [2.75, 3.05) is 46.9 Å². The van der Waals surface area contributed by atoms with Crippen LogP contribution in [0.3, 0.4) is 0 Å². The number of methoxy groups -OCH3 is 1. The number of aliphatic imine (C=N–C) groups is 1. The Morgan fingerprint density at radius 1 is 1.32 bits per heavy atom. The van der Waals surface area contributed by atoms with Gasteiger partial charge in [-0.2, -0.15) is 0 Å². The quantitative estimate of drug-likeness (QED) is 0.393. The lowest BCUT2D eigenvalue weighted by atomic mass is 10.2. The monoisotopic (exact) mass is 270 g/mol. The normalized spacial score (nSPS) is 18.6. The van der Waals surface area contributed by atoms with Crippen LogP contribution in [0.25, 0.3) is 0 Å². The van der Waals surface area contributed by atoms with Gasteiger partial charge in [0.1, 0.15) is 0 Å². The van der Waals surface area contributed by atoms with E-state index in [0.29, 0.717) is 6.04 Å². The van der Waals surface area contributed by atoms with Gasteiger partial charge in [0, 0.05) is 39.9 Å². The molecule has 0 unspecified atom stereocenters. The van der Waals surface area contributed by atoms with Gasteiger partial charge in [-0.1, -0.05) is 6.92 Å². The van der Waals surface area contributed by atoms with Crippen LogP contribution in [0.4, 0.5) is 0 Å². The summed E-state index contributed by atoms with van der Waals surface area (Å²) in [5.74, 6) is 0.897. The fourth-order valence-electron chi connectivity index (χ4n) is 2.50. The summed E-state index contributed by atoms with van der Waals surface area (Å²) in [6, 6.07) is 0.625. The summed E-state index contributed by atoms with van der Waals surface area (Å²) < 4.78 is 5.03. The topological polar surface area (TPSA) is 48.9 Å². The van der Waals surface area contributed by atoms with Crippen molar-refractivity contribution < 1.29 is 4.74 Å². The molecule has 0 aromatic rings. The van der Waals surface area contributed by atoms with Crippen LogP contribution >= 0.6 is 0 Å². The molecule has 2 N–H and O–H groups in total. The maximum Gasteiger partial charge on any atom is 0.191 e. The molecule has 19 heavy (non-hydrogen) atoms. The van der Waals surface area contributed by atoms with Crippen LogP contribution in [0.1, 0.15) is 32.6 Å². The predicted octanol–water partition coefficient (Wildman–Crippen LogP) is 1.06. The van der Waals surface area contributed by atoms with E-state index in [4.69, 9.17) is 4.74 Å². The Morgan fingerprint density at radius 3 is 2.63 bits per heavy atom. The van der Waals surface area contributed by atoms with Crippen LogP contribution in [0.2, 0.25) is 0 Å². The van der Waals surface area contributed by atoms with E-state index in [-0.39, 0.29) is 0 Å². The lowest BCUT2D eigenvalue weighted by Crippen LogP contribution is -2.46. The summed E-state index contributed by atoms with van der Waals surface area (Å²) in [5, 5.41) is 6.75. The van der Waals surface area contributed by atoms with Gasteiger partial charge in [-0.05, 0) is 38.8 Å². The van der Waals surface area contributed by atoms with E-state index in [2.05, 4.69) is 27.4 Å². The number of nitrogens with one attached hydrogen (secondary N) is 2. The minimum atomic E-state index is 0.625. The highest BCUT2D eigenvalue weighted by Gasteiger charge is 2.20. The van der Waals surface area contributed by atoms with Crippen molar-refractivity contribution in [3.63, 3.8) is 0 Å². The zero-order valence-corrected chi connectivity index (χ0v) is 12.7. The van der Waals surface area contributed by atoms with Gasteiger partial charge in [0.2, 0.25) is 0 Å². The van der Waals surface area contributed by atoms with E-state index >= 15 is 0 Å². The third-order valence-corrected chi connectivity index (χ3v) is 3.67. The van der Waals surface area contributed by atoms with Gasteiger partial charge < -0.3 is 15.4 Å². The molecule has 0 aromatic carbocycles. The van der Waals surface area contributed by atoms with Crippen LogP contribution < -0.4 is 10.6 Å². The van der Waals surface area contributed by atoms with Crippen LogP contribution in [-0.4, -0.2) is 63.8 Å². The fraction of sp³-hybridized carbons (Fsp3) is 0.929. The third-order valence-electron chi connectivity index (χ3n) is 3.67. The first-order valence-electron chi connectivity index (χ1n) is 7.49. The summed E-state index contributed by atoms with van der Waals surface area (Å²) in [6.07, 6.45) is 4.88. The van der Waals surface area contributed by atoms with Gasteiger partial charge in [0.15, 0.2) is 5.96 Å². The van der Waals surface area contributed by atoms with Crippen molar-refractivity contribution >= 4 is 5.96 Å². The van der Waals surface area contributed by atoms with E-state index in [9.17, 15) is 0 Å². The maximum atomic E-state index is 5.03. The predicted molar refractivity (Wildman–Crippen MR) is 80.7 cm³/mol. The molecule has 0 amide bonds. The first kappa shape index (κ1) is 16.2. The summed E-state index contributed by atoms with van der Waals surface area (Å²) in [6.45, 7) is 7.42. The smallest absolute Gasteiger partial charge is 0.191 e. The molecule has 112 valence electrons. The van der Waals surface area contributed by atoms with Gasteiger partial charge in [-0.25, -0.2) is 0 Å². The second-order valence-corrected chi connectivity index (χ2v) is 5.03. The number of ether oxygens (including phenoxy) is 1. The number of guanidine groups is 1. The van der Waals surface area contributed by atoms with Crippen molar-refractivity contribution in [3.8, 4) is 0 Å². The molecule has 1 saturated heterocycles. The summed E-state index contributed by atoms with van der Waals surface area (Å²) in [5.41, 5.74) is 0. The number of nitrogens with zero attached hydrogens (tertiary/aromatic N) is 2. The first-order valence-corrected chi connectivity index (χ1v) is 7.49. The molecule has 1 aliphatic rings. The molecule has 0 aromatic heterocycles. The minimum absolute atomic E-state index is 0.625. The first-order chi connectivity index (χ1) is 9.31. The fourth-order valence-corrected chi connectivity index (χ4v) is 2.50. The van der Waals surface area contributed by atoms with E-state index in [1.54, 1.807) is 7.11 Å². The van der Waals surface area contributed by atoms with Gasteiger partial charge in [0.05, 0.1) is 0 Å². The van der Waals surface area contributed by atoms with Crippen LogP contribution in [0.5, 0.6) is 0 Å². The lowest BCUT2D eigenvalue weighted by molar-refractivity contribution is 0.195. The molecule has 0 saturated carbocycles. The Morgan fingerprint density at radius 2 is 2.05 bits per heavy atom. The highest BCUT2D eigenvalue weighted by molar-refractivity contribution is 5.79. The standard InChI is InChI=1S/C14H30N4O/c1-4-13(18-9-5-6-10-18)12-17-14(15-2)16-8-7-11-19-3/h13H,4-12H2,1-3H3,(H2,15,16,17)/t13-/m0/s1. The Hall–Kier alpha value is -0.810. The second kappa shape index (κ2) is 10.0. The SMILES string of the molecule is CC[C@@H](CNC(=NC)NCCCOC)N1CCCC1. The van der Waals surface area contributed by atoms with Gasteiger partial charge >= 0.3 is 0 Å². The molecular formula is C14H30N4O. The summed E-state index contributed by atoms with van der Waals surface area (Å²) >= 11 is 0. The van der Waals surface area contributed by atoms with Gasteiger partial charge in [-0.15, -0.1) is 0 Å². The summed E-state index contributed by atoms with van der Waals surface area (Å²) in [7, 11) is 3.55. The van der Waals surface area contributed by atoms with Gasteiger partial charge in [-0.3, -0.25) is 9.89 Å². The Balaban J connectivity index is 2.22. The van der Waals surface area contributed by atoms with E-state index in [1.807, 2.05) is 7.05 Å². The number of likely N-dealkylation sites (tertiary alicyclic amines) is 1. The highest BCUT2D eigenvalue weighted by atomic mass is 16.5. The lowest BCUT2D eigenvalue weighted by Gasteiger charge is -2.27. The van der Waals surface area contributed by atoms with Crippen molar-refractivity contribution in [2.24, 2.45) is 4.99 Å². The second-order valence-electron chi connectivity index (χ2n) is 5.03. The van der Waals surface area contributed by atoms with E-state index < -0.39 is 0 Å². The molecular weight excluding hydrogens is 240 g/mol. The molecule has 0 bridgehead atoms. The average Bonchev–Trinajstić information content (AvgIpc) is 2.96. The number of rotatable bonds is 8.